The Morgan fingerprint density at radius 3 is 2.20 bits per heavy atom. The van der Waals surface area contributed by atoms with Gasteiger partial charge in [-0.1, -0.05) is 74.3 Å². The quantitative estimate of drug-likeness (QED) is 0.141. The lowest BCUT2D eigenvalue weighted by Gasteiger charge is -2.39. The second-order valence-electron chi connectivity index (χ2n) is 16.9. The lowest BCUT2D eigenvalue weighted by Crippen LogP contribution is -2.63. The van der Waals surface area contributed by atoms with Crippen LogP contribution in [0.15, 0.2) is 12.7 Å². The van der Waals surface area contributed by atoms with E-state index in [1.165, 1.54) is 15.3 Å². The van der Waals surface area contributed by atoms with Crippen LogP contribution in [0, 0.1) is 34.0 Å². The maximum atomic E-state index is 14.4. The number of nitrogens with one attached hydrogen (secondary N) is 5. The molecule has 2 aliphatic heterocycles. The summed E-state index contributed by atoms with van der Waals surface area (Å²) in [5, 5.41) is 11.1. The molecule has 5 N–H and O–H groups in total. The Bertz CT molecular complexity index is 1430. The molecule has 0 radical (unpaired) electrons. The fourth-order valence-corrected chi connectivity index (χ4v) is 8.44. The molecule has 6 atom stereocenters. The summed E-state index contributed by atoms with van der Waals surface area (Å²) in [5.41, 5.74) is -1.49. The van der Waals surface area contributed by atoms with Crippen molar-refractivity contribution >= 4 is 39.7 Å². The molecule has 5 amide bonds. The Morgan fingerprint density at radius 1 is 1.00 bits per heavy atom. The van der Waals surface area contributed by atoms with Crippen LogP contribution in [0.2, 0.25) is 0 Å². The van der Waals surface area contributed by atoms with Gasteiger partial charge < -0.3 is 26.2 Å². The highest BCUT2D eigenvalue weighted by molar-refractivity contribution is 7.87. The molecule has 4 aliphatic rings. The highest BCUT2D eigenvalue weighted by atomic mass is 32.2. The van der Waals surface area contributed by atoms with Crippen molar-refractivity contribution in [3.8, 4) is 0 Å². The van der Waals surface area contributed by atoms with E-state index in [0.29, 0.717) is 32.5 Å². The third-order valence-corrected chi connectivity index (χ3v) is 12.2. The van der Waals surface area contributed by atoms with E-state index < -0.39 is 74.7 Å². The van der Waals surface area contributed by atoms with E-state index in [-0.39, 0.29) is 36.3 Å². The number of amides is 5. The molecule has 4 fully saturated rings. The largest absolute Gasteiger partial charge is 0.346 e. The van der Waals surface area contributed by atoms with Gasteiger partial charge in [-0.15, -0.1) is 6.58 Å². The van der Waals surface area contributed by atoms with Crippen molar-refractivity contribution in [1.29, 1.82) is 0 Å². The van der Waals surface area contributed by atoms with Gasteiger partial charge in [-0.2, -0.15) is 12.7 Å². The monoisotopic (exact) mass is 707 g/mol. The molecule has 276 valence electrons. The van der Waals surface area contributed by atoms with Gasteiger partial charge in [0.25, 0.3) is 16.1 Å². The molecule has 49 heavy (non-hydrogen) atoms. The fraction of sp³-hybridized carbons (Fsp3) is 0.794. The maximum Gasteiger partial charge on any atom is 0.315 e. The van der Waals surface area contributed by atoms with Crippen LogP contribution < -0.4 is 26.0 Å². The lowest BCUT2D eigenvalue weighted by molar-refractivity contribution is -0.145. The third kappa shape index (κ3) is 9.01. The number of piperidine rings is 1. The summed E-state index contributed by atoms with van der Waals surface area (Å²) < 4.78 is 29.1. The van der Waals surface area contributed by atoms with Gasteiger partial charge in [-0.25, -0.2) is 9.52 Å². The molecular formula is C34H57N7O7S. The molecule has 2 heterocycles. The Balaban J connectivity index is 1.52. The maximum absolute atomic E-state index is 14.4. The summed E-state index contributed by atoms with van der Waals surface area (Å²) in [5.74, 6) is -2.28. The molecule has 1 unspecified atom stereocenters. The van der Waals surface area contributed by atoms with Crippen molar-refractivity contribution in [2.75, 3.05) is 32.7 Å². The molecule has 4 rings (SSSR count). The predicted molar refractivity (Wildman–Crippen MR) is 185 cm³/mol. The van der Waals surface area contributed by atoms with E-state index in [1.54, 1.807) is 0 Å². The standard InChI is InChI=1S/C34H57N7O7S/c1-10-14-35-29(44)26(42)22(17-20-12-13-20)37-28(43)25-24-21(34(24,8)9)18-41(25)30(45)27(33(5,6)7)39-31(46)38-23(32(2,3)4)19-40-16-11-15-36-49(40,47)48/h10,20-25,27,36H,1,11-19H2,2-9H3,(H,35,44)(H,37,43)(H2,38,39,46)/t21-,22?,23+,24-,25-,27+/m0/s1. The SMILES string of the molecule is C=CCNC(=O)C(=O)C(CC1CC1)NC(=O)[C@@H]1[C@@H]2[C@H](CN1C(=O)[C@@H](NC(=O)N[C@H](CN1CCCNS1(=O)=O)C(C)(C)C)C(C)(C)C)C2(C)C. The molecule has 2 aliphatic carbocycles. The van der Waals surface area contributed by atoms with Crippen molar-refractivity contribution in [1.82, 2.24) is 35.2 Å². The number of ketones is 1. The number of urea groups is 1. The first-order valence-electron chi connectivity index (χ1n) is 17.4. The number of rotatable bonds is 13. The zero-order valence-corrected chi connectivity index (χ0v) is 31.2. The van der Waals surface area contributed by atoms with E-state index in [9.17, 15) is 32.4 Å². The van der Waals surface area contributed by atoms with Gasteiger partial charge in [-0.05, 0) is 46.8 Å². The van der Waals surface area contributed by atoms with Crippen LogP contribution in [0.4, 0.5) is 4.79 Å². The van der Waals surface area contributed by atoms with E-state index >= 15 is 0 Å². The average Bonchev–Trinajstić information content (AvgIpc) is 3.84. The van der Waals surface area contributed by atoms with Gasteiger partial charge in [0.05, 0.1) is 6.04 Å². The summed E-state index contributed by atoms with van der Waals surface area (Å²) in [4.78, 5) is 69.3. The third-order valence-electron chi connectivity index (χ3n) is 10.6. The van der Waals surface area contributed by atoms with Gasteiger partial charge in [0.2, 0.25) is 17.6 Å². The van der Waals surface area contributed by atoms with Gasteiger partial charge in [0, 0.05) is 38.8 Å². The number of hydrogen-bond donors (Lipinski definition) is 5. The van der Waals surface area contributed by atoms with Crippen LogP contribution >= 0.6 is 0 Å². The molecule has 0 aromatic rings. The second kappa shape index (κ2) is 14.3. The molecule has 0 spiro atoms. The van der Waals surface area contributed by atoms with E-state index in [1.807, 2.05) is 41.5 Å². The van der Waals surface area contributed by atoms with E-state index in [2.05, 4.69) is 46.4 Å². The molecule has 0 aromatic heterocycles. The first-order chi connectivity index (χ1) is 22.6. The predicted octanol–water partition coefficient (Wildman–Crippen LogP) is 1.29. The highest BCUT2D eigenvalue weighted by Gasteiger charge is 2.70. The van der Waals surface area contributed by atoms with Gasteiger partial charge >= 0.3 is 6.03 Å². The first kappa shape index (κ1) is 38.8. The zero-order chi connectivity index (χ0) is 36.7. The number of carbonyl (C=O) groups excluding carboxylic acids is 5. The summed E-state index contributed by atoms with van der Waals surface area (Å²) >= 11 is 0. The van der Waals surface area contributed by atoms with Crippen LogP contribution in [0.25, 0.3) is 0 Å². The van der Waals surface area contributed by atoms with Crippen LogP contribution in [0.3, 0.4) is 0 Å². The molecular weight excluding hydrogens is 650 g/mol. The van der Waals surface area contributed by atoms with Crippen molar-refractivity contribution in [3.63, 3.8) is 0 Å². The van der Waals surface area contributed by atoms with Gasteiger partial charge in [0.15, 0.2) is 0 Å². The smallest absolute Gasteiger partial charge is 0.315 e. The van der Waals surface area contributed by atoms with Crippen LogP contribution in [-0.4, -0.2) is 104 Å². The van der Waals surface area contributed by atoms with Crippen molar-refractivity contribution < 1.29 is 32.4 Å². The topological polar surface area (TPSA) is 186 Å². The van der Waals surface area contributed by atoms with Crippen molar-refractivity contribution in [3.05, 3.63) is 12.7 Å². The van der Waals surface area contributed by atoms with E-state index in [4.69, 9.17) is 0 Å². The van der Waals surface area contributed by atoms with Crippen molar-refractivity contribution in [2.45, 2.75) is 105 Å². The molecule has 0 aromatic carbocycles. The molecule has 0 bridgehead atoms. The first-order valence-corrected chi connectivity index (χ1v) is 18.9. The summed E-state index contributed by atoms with van der Waals surface area (Å²) in [7, 11) is -3.67. The Hall–Kier alpha value is -3.04. The lowest BCUT2D eigenvalue weighted by atomic mass is 9.85. The summed E-state index contributed by atoms with van der Waals surface area (Å²) in [6, 6.07) is -4.13. The van der Waals surface area contributed by atoms with Crippen LogP contribution in [0.1, 0.15) is 81.1 Å². The fourth-order valence-electron chi connectivity index (χ4n) is 7.14. The molecule has 2 saturated heterocycles. The molecule has 14 nitrogen and oxygen atoms in total. The second-order valence-corrected chi connectivity index (χ2v) is 18.7. The number of Topliss-reactive ketones (excluding diaryl/α,β-unsaturated/α-hetero) is 1. The Morgan fingerprint density at radius 2 is 1.65 bits per heavy atom. The Kier molecular flexibility index (Phi) is 11.3. The number of hydrogen-bond acceptors (Lipinski definition) is 7. The van der Waals surface area contributed by atoms with Crippen molar-refractivity contribution in [2.24, 2.45) is 34.0 Å². The van der Waals surface area contributed by atoms with Gasteiger partial charge in [-0.3, -0.25) is 19.2 Å². The summed E-state index contributed by atoms with van der Waals surface area (Å²) in [6.07, 6.45) is 4.30. The Labute approximate surface area is 291 Å². The normalized spacial score (nSPS) is 26.4. The molecule has 15 heteroatoms. The average molecular weight is 708 g/mol. The highest BCUT2D eigenvalue weighted by Crippen LogP contribution is 2.65. The summed E-state index contributed by atoms with van der Waals surface area (Å²) in [6.45, 7) is 20.0. The minimum atomic E-state index is -3.67. The number of nitrogens with zero attached hydrogens (tertiary/aromatic N) is 2. The van der Waals surface area contributed by atoms with Gasteiger partial charge in [0.1, 0.15) is 12.1 Å². The number of carbonyl (C=O) groups is 5. The van der Waals surface area contributed by atoms with E-state index in [0.717, 1.165) is 12.8 Å². The zero-order valence-electron chi connectivity index (χ0n) is 30.4. The minimum absolute atomic E-state index is 0.0551. The van der Waals surface area contributed by atoms with Crippen LogP contribution in [0.5, 0.6) is 0 Å². The number of fused-ring (bicyclic) bond motifs is 1. The number of likely N-dealkylation sites (tertiary alicyclic amines) is 1. The molecule has 2 saturated carbocycles. The minimum Gasteiger partial charge on any atom is -0.346 e. The van der Waals surface area contributed by atoms with Crippen LogP contribution in [-0.2, 0) is 29.4 Å².